The number of nitrogens with zero attached hydrogens (tertiary/aromatic N) is 1. The van der Waals surface area contributed by atoms with E-state index in [9.17, 15) is 10.1 Å². The highest BCUT2D eigenvalue weighted by molar-refractivity contribution is 5.74. The van der Waals surface area contributed by atoms with E-state index in [4.69, 9.17) is 0 Å². The predicted octanol–water partition coefficient (Wildman–Crippen LogP) is 1.95. The van der Waals surface area contributed by atoms with Crippen molar-refractivity contribution in [3.63, 3.8) is 0 Å². The van der Waals surface area contributed by atoms with E-state index in [1.54, 1.807) is 0 Å². The number of nitrogens with one attached hydrogen (secondary N) is 1. The second-order valence-corrected chi connectivity index (χ2v) is 3.42. The zero-order valence-corrected chi connectivity index (χ0v) is 8.95. The molecule has 1 aromatic rings. The zero-order chi connectivity index (χ0) is 11.3. The number of nitriles is 1. The smallest absolute Gasteiger partial charge is 0.218 e. The molecule has 0 spiro atoms. The van der Waals surface area contributed by atoms with Crippen molar-refractivity contribution in [2.45, 2.75) is 25.8 Å². The van der Waals surface area contributed by atoms with Gasteiger partial charge in [0.25, 0.3) is 0 Å². The van der Waals surface area contributed by atoms with Crippen LogP contribution in [0.5, 0.6) is 0 Å². The number of carbonyl (C=O) groups is 1. The summed E-state index contributed by atoms with van der Waals surface area (Å²) in [6.07, 6.45) is 0.549. The molecule has 0 radical (unpaired) electrons. The summed E-state index contributed by atoms with van der Waals surface area (Å²) in [6.45, 7) is 3.30. The summed E-state index contributed by atoms with van der Waals surface area (Å²) < 4.78 is 0. The number of hydrogen-bond donors (Lipinski definition) is 1. The Morgan fingerprint density at radius 3 is 2.47 bits per heavy atom. The number of hydrogen-bond acceptors (Lipinski definition) is 2. The first-order valence-corrected chi connectivity index (χ1v) is 4.90. The van der Waals surface area contributed by atoms with Crippen molar-refractivity contribution >= 4 is 5.91 Å². The van der Waals surface area contributed by atoms with Crippen molar-refractivity contribution < 1.29 is 4.79 Å². The number of rotatable bonds is 3. The van der Waals surface area contributed by atoms with Crippen LogP contribution >= 0.6 is 0 Å². The minimum Gasteiger partial charge on any atom is -0.334 e. The Labute approximate surface area is 89.7 Å². The molecular formula is C12H14N2O. The van der Waals surface area contributed by atoms with Gasteiger partial charge in [-0.2, -0.15) is 5.26 Å². The van der Waals surface area contributed by atoms with Gasteiger partial charge in [0.2, 0.25) is 5.91 Å². The van der Waals surface area contributed by atoms with Crippen LogP contribution in [0.1, 0.15) is 25.8 Å². The molecular weight excluding hydrogens is 188 g/mol. The van der Waals surface area contributed by atoms with Crippen molar-refractivity contribution in [2.24, 2.45) is 0 Å². The van der Waals surface area contributed by atoms with E-state index in [0.717, 1.165) is 5.56 Å². The van der Waals surface area contributed by atoms with E-state index >= 15 is 0 Å². The molecule has 3 nitrogen and oxygen atoms in total. The van der Waals surface area contributed by atoms with Gasteiger partial charge in [0.15, 0.2) is 5.54 Å². The Kier molecular flexibility index (Phi) is 3.46. The van der Waals surface area contributed by atoms with E-state index in [0.29, 0.717) is 6.42 Å². The first-order valence-electron chi connectivity index (χ1n) is 4.90. The first-order chi connectivity index (χ1) is 7.14. The van der Waals surface area contributed by atoms with Gasteiger partial charge in [-0.1, -0.05) is 37.3 Å². The monoisotopic (exact) mass is 202 g/mol. The van der Waals surface area contributed by atoms with Crippen molar-refractivity contribution in [1.82, 2.24) is 5.32 Å². The topological polar surface area (TPSA) is 52.9 Å². The van der Waals surface area contributed by atoms with Crippen molar-refractivity contribution in [1.29, 1.82) is 5.26 Å². The molecule has 3 heteroatoms. The van der Waals surface area contributed by atoms with Gasteiger partial charge in [0.05, 0.1) is 6.07 Å². The van der Waals surface area contributed by atoms with Gasteiger partial charge in [0.1, 0.15) is 0 Å². The van der Waals surface area contributed by atoms with Crippen LogP contribution in [0.15, 0.2) is 30.3 Å². The minimum absolute atomic E-state index is 0.192. The lowest BCUT2D eigenvalue weighted by Crippen LogP contribution is -2.43. The molecule has 0 heterocycles. The fourth-order valence-electron chi connectivity index (χ4n) is 1.56. The third-order valence-electron chi connectivity index (χ3n) is 2.38. The van der Waals surface area contributed by atoms with Gasteiger partial charge in [-0.3, -0.25) is 4.79 Å². The Balaban J connectivity index is 3.13. The lowest BCUT2D eigenvalue weighted by Gasteiger charge is -2.26. The minimum atomic E-state index is -0.896. The molecule has 0 fully saturated rings. The summed E-state index contributed by atoms with van der Waals surface area (Å²) >= 11 is 0. The molecule has 1 rings (SSSR count). The first kappa shape index (κ1) is 11.3. The van der Waals surface area contributed by atoms with Crippen LogP contribution in [0.4, 0.5) is 0 Å². The SMILES string of the molecule is CC[C@](C#N)(NC(C)=O)c1ccccc1. The molecule has 1 N–H and O–H groups in total. The maximum Gasteiger partial charge on any atom is 0.218 e. The molecule has 0 aliphatic rings. The van der Waals surface area contributed by atoms with Crippen molar-refractivity contribution in [2.75, 3.05) is 0 Å². The van der Waals surface area contributed by atoms with Crippen LogP contribution in [0, 0.1) is 11.3 Å². The summed E-state index contributed by atoms with van der Waals surface area (Å²) in [6, 6.07) is 11.5. The summed E-state index contributed by atoms with van der Waals surface area (Å²) in [5, 5.41) is 11.9. The van der Waals surface area contributed by atoms with Crippen LogP contribution in [-0.4, -0.2) is 5.91 Å². The highest BCUT2D eigenvalue weighted by Crippen LogP contribution is 2.23. The Morgan fingerprint density at radius 2 is 2.07 bits per heavy atom. The molecule has 78 valence electrons. The van der Waals surface area contributed by atoms with Crippen LogP contribution in [0.2, 0.25) is 0 Å². The molecule has 0 aliphatic heterocycles. The van der Waals surface area contributed by atoms with Gasteiger partial charge in [-0.25, -0.2) is 0 Å². The largest absolute Gasteiger partial charge is 0.334 e. The Hall–Kier alpha value is -1.82. The lowest BCUT2D eigenvalue weighted by molar-refractivity contribution is -0.120. The van der Waals surface area contributed by atoms with E-state index in [1.165, 1.54) is 6.92 Å². The molecule has 0 aliphatic carbocycles. The van der Waals surface area contributed by atoms with Crippen LogP contribution in [0.25, 0.3) is 0 Å². The average Bonchev–Trinajstić information content (AvgIpc) is 2.27. The highest BCUT2D eigenvalue weighted by Gasteiger charge is 2.30. The quantitative estimate of drug-likeness (QED) is 0.814. The molecule has 1 atom stereocenters. The summed E-state index contributed by atoms with van der Waals surface area (Å²) in [5.41, 5.74) is -0.0715. The number of carbonyl (C=O) groups excluding carboxylic acids is 1. The summed E-state index contributed by atoms with van der Waals surface area (Å²) in [5.74, 6) is -0.192. The molecule has 15 heavy (non-hydrogen) atoms. The molecule has 0 saturated heterocycles. The zero-order valence-electron chi connectivity index (χ0n) is 8.95. The maximum atomic E-state index is 11.1. The fourth-order valence-corrected chi connectivity index (χ4v) is 1.56. The molecule has 0 aromatic heterocycles. The molecule has 1 aromatic carbocycles. The maximum absolute atomic E-state index is 11.1. The third-order valence-corrected chi connectivity index (χ3v) is 2.38. The fraction of sp³-hybridized carbons (Fsp3) is 0.333. The standard InChI is InChI=1S/C12H14N2O/c1-3-12(9-13,14-10(2)15)11-7-5-4-6-8-11/h4-8H,3H2,1-2H3,(H,14,15)/t12-/m1/s1. The average molecular weight is 202 g/mol. The molecule has 0 bridgehead atoms. The summed E-state index contributed by atoms with van der Waals surface area (Å²) in [4.78, 5) is 11.1. The molecule has 1 amide bonds. The Bertz CT molecular complexity index is 380. The molecule has 0 unspecified atom stereocenters. The van der Waals surface area contributed by atoms with E-state index in [-0.39, 0.29) is 5.91 Å². The van der Waals surface area contributed by atoms with Gasteiger partial charge in [0, 0.05) is 6.92 Å². The third kappa shape index (κ3) is 2.35. The predicted molar refractivity (Wildman–Crippen MR) is 57.8 cm³/mol. The van der Waals surface area contributed by atoms with Crippen LogP contribution in [0.3, 0.4) is 0 Å². The van der Waals surface area contributed by atoms with E-state index < -0.39 is 5.54 Å². The molecule has 0 saturated carbocycles. The summed E-state index contributed by atoms with van der Waals surface area (Å²) in [7, 11) is 0. The number of benzene rings is 1. The van der Waals surface area contributed by atoms with Crippen molar-refractivity contribution in [3.8, 4) is 6.07 Å². The Morgan fingerprint density at radius 1 is 1.47 bits per heavy atom. The van der Waals surface area contributed by atoms with E-state index in [1.807, 2.05) is 37.3 Å². The highest BCUT2D eigenvalue weighted by atomic mass is 16.1. The second-order valence-electron chi connectivity index (χ2n) is 3.42. The second kappa shape index (κ2) is 4.61. The van der Waals surface area contributed by atoms with Crippen LogP contribution in [-0.2, 0) is 10.3 Å². The van der Waals surface area contributed by atoms with Crippen LogP contribution < -0.4 is 5.32 Å². The van der Waals surface area contributed by atoms with Gasteiger partial charge < -0.3 is 5.32 Å². The van der Waals surface area contributed by atoms with Gasteiger partial charge >= 0.3 is 0 Å². The lowest BCUT2D eigenvalue weighted by atomic mass is 9.88. The van der Waals surface area contributed by atoms with E-state index in [2.05, 4.69) is 11.4 Å². The normalized spacial score (nSPS) is 13.7. The van der Waals surface area contributed by atoms with Crippen molar-refractivity contribution in [3.05, 3.63) is 35.9 Å². The number of amides is 1. The van der Waals surface area contributed by atoms with Gasteiger partial charge in [-0.15, -0.1) is 0 Å². The van der Waals surface area contributed by atoms with Gasteiger partial charge in [-0.05, 0) is 12.0 Å².